The summed E-state index contributed by atoms with van der Waals surface area (Å²) >= 11 is 0. The summed E-state index contributed by atoms with van der Waals surface area (Å²) in [5.41, 5.74) is 1.76. The Hall–Kier alpha value is -3.92. The highest BCUT2D eigenvalue weighted by Crippen LogP contribution is 2.25. The molecule has 2 aromatic carbocycles. The van der Waals surface area contributed by atoms with Crippen molar-refractivity contribution in [2.24, 2.45) is 7.05 Å². The zero-order valence-electron chi connectivity index (χ0n) is 14.5. The van der Waals surface area contributed by atoms with E-state index in [1.165, 1.54) is 0 Å². The summed E-state index contributed by atoms with van der Waals surface area (Å²) in [6.07, 6.45) is 1.61. The zero-order chi connectivity index (χ0) is 19.2. The molecule has 1 N–H and O–H groups in total. The van der Waals surface area contributed by atoms with Gasteiger partial charge < -0.3 is 14.4 Å². The Morgan fingerprint density at radius 2 is 1.89 bits per heavy atom. The number of hydrogen-bond acceptors (Lipinski definition) is 5. The van der Waals surface area contributed by atoms with Gasteiger partial charge in [-0.05, 0) is 12.1 Å². The number of aliphatic carboxylic acids is 1. The second-order valence-electron chi connectivity index (χ2n) is 5.66. The molecule has 3 aromatic rings. The average molecular weight is 360 g/mol. The van der Waals surface area contributed by atoms with Crippen molar-refractivity contribution in [3.05, 3.63) is 66.0 Å². The van der Waals surface area contributed by atoms with E-state index in [-0.39, 0.29) is 0 Å². The summed E-state index contributed by atoms with van der Waals surface area (Å²) in [7, 11) is 1.79. The van der Waals surface area contributed by atoms with Gasteiger partial charge in [-0.1, -0.05) is 48.5 Å². The third kappa shape index (κ3) is 4.02. The molecule has 0 atom stereocenters. The van der Waals surface area contributed by atoms with E-state index in [0.29, 0.717) is 28.5 Å². The van der Waals surface area contributed by atoms with Crippen LogP contribution in [-0.2, 0) is 11.8 Å². The molecule has 1 heterocycles. The van der Waals surface area contributed by atoms with Crippen molar-refractivity contribution in [1.29, 1.82) is 5.26 Å². The summed E-state index contributed by atoms with van der Waals surface area (Å²) in [5.74, 6) is 0.347. The lowest BCUT2D eigenvalue weighted by atomic mass is 10.1. The number of ether oxygens (including phenoxy) is 1. The molecule has 0 spiro atoms. The summed E-state index contributed by atoms with van der Waals surface area (Å²) in [5, 5.41) is 26.8. The summed E-state index contributed by atoms with van der Waals surface area (Å²) < 4.78 is 7.03. The van der Waals surface area contributed by atoms with Gasteiger partial charge in [0.05, 0.1) is 5.57 Å². The Kier molecular flexibility index (Phi) is 5.28. The third-order valence-corrected chi connectivity index (χ3v) is 3.84. The summed E-state index contributed by atoms with van der Waals surface area (Å²) in [6, 6.07) is 18.6. The van der Waals surface area contributed by atoms with E-state index < -0.39 is 12.6 Å². The lowest BCUT2D eigenvalue weighted by Crippen LogP contribution is -2.10. The molecule has 7 nitrogen and oxygen atoms in total. The molecule has 134 valence electrons. The maximum Gasteiger partial charge on any atom is 0.341 e. The molecule has 1 aromatic heterocycles. The first-order valence-corrected chi connectivity index (χ1v) is 8.10. The maximum absolute atomic E-state index is 10.8. The minimum Gasteiger partial charge on any atom is -0.481 e. The smallest absolute Gasteiger partial charge is 0.341 e. The van der Waals surface area contributed by atoms with Gasteiger partial charge in [-0.15, -0.1) is 10.2 Å². The second-order valence-corrected chi connectivity index (χ2v) is 5.66. The van der Waals surface area contributed by atoms with Crippen LogP contribution in [-0.4, -0.2) is 32.4 Å². The minimum absolute atomic E-state index is 0.290. The van der Waals surface area contributed by atoms with E-state index in [1.807, 2.05) is 30.3 Å². The predicted octanol–water partition coefficient (Wildman–Crippen LogP) is 3.01. The Balaban J connectivity index is 1.99. The number of carboxylic acids is 1. The number of benzene rings is 2. The first-order chi connectivity index (χ1) is 13.1. The average Bonchev–Trinajstić information content (AvgIpc) is 3.07. The highest BCUT2D eigenvalue weighted by molar-refractivity contribution is 5.88. The quantitative estimate of drug-likeness (QED) is 0.678. The van der Waals surface area contributed by atoms with Gasteiger partial charge in [0.25, 0.3) is 0 Å². The topological polar surface area (TPSA) is 101 Å². The van der Waals surface area contributed by atoms with Gasteiger partial charge in [-0.2, -0.15) is 5.26 Å². The maximum atomic E-state index is 10.8. The van der Waals surface area contributed by atoms with Gasteiger partial charge in [-0.25, -0.2) is 4.79 Å². The molecule has 0 fully saturated rings. The normalized spacial score (nSPS) is 11.0. The van der Waals surface area contributed by atoms with Crippen LogP contribution in [0, 0.1) is 11.3 Å². The van der Waals surface area contributed by atoms with E-state index in [9.17, 15) is 10.1 Å². The monoisotopic (exact) mass is 360 g/mol. The lowest BCUT2D eigenvalue weighted by Gasteiger charge is -2.07. The Morgan fingerprint density at radius 3 is 2.59 bits per heavy atom. The first kappa shape index (κ1) is 17.9. The van der Waals surface area contributed by atoms with Crippen LogP contribution in [0.4, 0.5) is 0 Å². The summed E-state index contributed by atoms with van der Waals surface area (Å²) in [4.78, 5) is 10.8. The van der Waals surface area contributed by atoms with E-state index in [2.05, 4.69) is 16.3 Å². The van der Waals surface area contributed by atoms with Gasteiger partial charge in [-0.3, -0.25) is 0 Å². The molecule has 7 heteroatoms. The largest absolute Gasteiger partial charge is 0.481 e. The molecule has 0 saturated carbocycles. The molecule has 3 rings (SSSR count). The van der Waals surface area contributed by atoms with Crippen molar-refractivity contribution in [1.82, 2.24) is 14.8 Å². The predicted molar refractivity (Wildman–Crippen MR) is 99.5 cm³/mol. The van der Waals surface area contributed by atoms with E-state index in [0.717, 1.165) is 5.56 Å². The molecule has 0 saturated heterocycles. The fourth-order valence-corrected chi connectivity index (χ4v) is 2.58. The highest BCUT2D eigenvalue weighted by Gasteiger charge is 2.15. The molecule has 0 aliphatic carbocycles. The van der Waals surface area contributed by atoms with E-state index in [1.54, 1.807) is 42.0 Å². The molecule has 27 heavy (non-hydrogen) atoms. The van der Waals surface area contributed by atoms with Crippen LogP contribution in [0.15, 0.2) is 54.6 Å². The number of allylic oxidation sites excluding steroid dienone is 1. The number of aromatic nitrogens is 3. The van der Waals surface area contributed by atoms with E-state index in [4.69, 9.17) is 9.84 Å². The first-order valence-electron chi connectivity index (χ1n) is 8.10. The molecule has 0 aliphatic heterocycles. The standard InChI is InChI=1S/C20H16N4O3/c1-24-19(14-7-3-2-4-8-14)22-23-20(24)16(12-21)11-15-9-5-6-10-17(15)27-13-18(25)26/h2-11H,13H2,1H3,(H,25,26). The molecular formula is C20H16N4O3. The molecule has 0 amide bonds. The van der Waals surface area contributed by atoms with Gasteiger partial charge in [0, 0.05) is 18.2 Å². The number of para-hydroxylation sites is 1. The number of rotatable bonds is 6. The van der Waals surface area contributed by atoms with Crippen LogP contribution in [0.3, 0.4) is 0 Å². The van der Waals surface area contributed by atoms with Crippen molar-refractivity contribution < 1.29 is 14.6 Å². The van der Waals surface area contributed by atoms with Crippen molar-refractivity contribution in [3.8, 4) is 23.2 Å². The van der Waals surface area contributed by atoms with Crippen LogP contribution >= 0.6 is 0 Å². The van der Waals surface area contributed by atoms with Crippen LogP contribution < -0.4 is 4.74 Å². The Labute approximate surface area is 155 Å². The third-order valence-electron chi connectivity index (χ3n) is 3.84. The second kappa shape index (κ2) is 7.97. The van der Waals surface area contributed by atoms with Crippen molar-refractivity contribution in [3.63, 3.8) is 0 Å². The number of carboxylic acid groups (broad SMARTS) is 1. The summed E-state index contributed by atoms with van der Waals surface area (Å²) in [6.45, 7) is -0.463. The van der Waals surface area contributed by atoms with Gasteiger partial charge >= 0.3 is 5.97 Å². The van der Waals surface area contributed by atoms with Gasteiger partial charge in [0.2, 0.25) is 0 Å². The van der Waals surface area contributed by atoms with Gasteiger partial charge in [0.1, 0.15) is 11.8 Å². The lowest BCUT2D eigenvalue weighted by molar-refractivity contribution is -0.139. The van der Waals surface area contributed by atoms with Crippen LogP contribution in [0.2, 0.25) is 0 Å². The van der Waals surface area contributed by atoms with Crippen molar-refractivity contribution >= 4 is 17.6 Å². The fraction of sp³-hybridized carbons (Fsp3) is 0.100. The van der Waals surface area contributed by atoms with Crippen LogP contribution in [0.5, 0.6) is 5.75 Å². The van der Waals surface area contributed by atoms with Crippen LogP contribution in [0.1, 0.15) is 11.4 Å². The van der Waals surface area contributed by atoms with Crippen molar-refractivity contribution in [2.45, 2.75) is 0 Å². The SMILES string of the molecule is Cn1c(C(C#N)=Cc2ccccc2OCC(=O)O)nnc1-c1ccccc1. The van der Waals surface area contributed by atoms with Gasteiger partial charge in [0.15, 0.2) is 18.3 Å². The molecule has 0 bridgehead atoms. The number of nitrogens with zero attached hydrogens (tertiary/aromatic N) is 4. The number of carbonyl (C=O) groups is 1. The Morgan fingerprint density at radius 1 is 1.19 bits per heavy atom. The zero-order valence-corrected chi connectivity index (χ0v) is 14.5. The number of nitriles is 1. The molecule has 0 aliphatic rings. The van der Waals surface area contributed by atoms with Crippen molar-refractivity contribution in [2.75, 3.05) is 6.61 Å². The Bertz CT molecular complexity index is 1030. The fourth-order valence-electron chi connectivity index (χ4n) is 2.58. The highest BCUT2D eigenvalue weighted by atomic mass is 16.5. The molecular weight excluding hydrogens is 344 g/mol. The minimum atomic E-state index is -1.07. The van der Waals surface area contributed by atoms with E-state index >= 15 is 0 Å². The molecule has 0 unspecified atom stereocenters. The van der Waals surface area contributed by atoms with Crippen LogP contribution in [0.25, 0.3) is 23.0 Å². The number of hydrogen-bond donors (Lipinski definition) is 1. The molecule has 0 radical (unpaired) electrons.